The summed E-state index contributed by atoms with van der Waals surface area (Å²) < 4.78 is 25.4. The summed E-state index contributed by atoms with van der Waals surface area (Å²) in [7, 11) is -3.24. The van der Waals surface area contributed by atoms with Gasteiger partial charge in [-0.2, -0.15) is 9.98 Å². The Labute approximate surface area is 79.0 Å². The Balaban J connectivity index is 2.61. The molecule has 5 heteroatoms. The van der Waals surface area contributed by atoms with Crippen LogP contribution in [0.15, 0.2) is 0 Å². The van der Waals surface area contributed by atoms with Crippen LogP contribution in [-0.4, -0.2) is 19.7 Å². The first-order valence-corrected chi connectivity index (χ1v) is 6.01. The normalized spacial score (nSPS) is 21.2. The molecule has 1 unspecified atom stereocenters. The fourth-order valence-corrected chi connectivity index (χ4v) is 3.26. The molecule has 0 saturated heterocycles. The number of nitrogens with one attached hydrogen (secondary N) is 1. The zero-order valence-corrected chi connectivity index (χ0v) is 8.47. The molecule has 1 aliphatic carbocycles. The number of nitriles is 1. The molecular formula is C8H14N2O2S. The molecule has 0 aromatic carbocycles. The topological polar surface area (TPSA) is 70.0 Å². The molecule has 1 fully saturated rings. The van der Waals surface area contributed by atoms with E-state index in [0.29, 0.717) is 0 Å². The standard InChI is InChI=1S/C8H14N2O2S/c1-7(6-9)10-13(11,12)8-4-2-3-5-8/h7-8,10H,2-5H2,1H3. The molecule has 4 nitrogen and oxygen atoms in total. The lowest BCUT2D eigenvalue weighted by atomic mass is 10.4. The van der Waals surface area contributed by atoms with Crippen molar-refractivity contribution >= 4 is 10.0 Å². The Bertz CT molecular complexity index is 299. The molecular weight excluding hydrogens is 188 g/mol. The predicted molar refractivity (Wildman–Crippen MR) is 49.4 cm³/mol. The fourth-order valence-electron chi connectivity index (χ4n) is 1.57. The molecule has 1 saturated carbocycles. The molecule has 0 bridgehead atoms. The molecule has 13 heavy (non-hydrogen) atoms. The minimum Gasteiger partial charge on any atom is -0.212 e. The van der Waals surface area contributed by atoms with Crippen LogP contribution in [0.1, 0.15) is 32.6 Å². The summed E-state index contributed by atoms with van der Waals surface area (Å²) in [6.45, 7) is 1.55. The molecule has 0 heterocycles. The van der Waals surface area contributed by atoms with Crippen LogP contribution >= 0.6 is 0 Å². The van der Waals surface area contributed by atoms with Crippen LogP contribution < -0.4 is 4.72 Å². The van der Waals surface area contributed by atoms with Gasteiger partial charge in [0.25, 0.3) is 0 Å². The smallest absolute Gasteiger partial charge is 0.212 e. The van der Waals surface area contributed by atoms with E-state index in [-0.39, 0.29) is 5.25 Å². The fraction of sp³-hybridized carbons (Fsp3) is 0.875. The van der Waals surface area contributed by atoms with Crippen molar-refractivity contribution < 1.29 is 8.42 Å². The molecule has 0 aromatic heterocycles. The van der Waals surface area contributed by atoms with Crippen molar-refractivity contribution in [3.63, 3.8) is 0 Å². The highest BCUT2D eigenvalue weighted by atomic mass is 32.2. The highest BCUT2D eigenvalue weighted by Crippen LogP contribution is 2.23. The van der Waals surface area contributed by atoms with Gasteiger partial charge in [0.1, 0.15) is 6.04 Å². The van der Waals surface area contributed by atoms with Crippen molar-refractivity contribution in [1.82, 2.24) is 4.72 Å². The summed E-state index contributed by atoms with van der Waals surface area (Å²) >= 11 is 0. The monoisotopic (exact) mass is 202 g/mol. The Hall–Kier alpha value is -0.600. The first-order chi connectivity index (χ1) is 6.06. The first kappa shape index (κ1) is 10.5. The first-order valence-electron chi connectivity index (χ1n) is 4.47. The second kappa shape index (κ2) is 4.07. The van der Waals surface area contributed by atoms with Crippen molar-refractivity contribution in [1.29, 1.82) is 5.26 Å². The van der Waals surface area contributed by atoms with Gasteiger partial charge in [0.15, 0.2) is 0 Å². The SMILES string of the molecule is CC(C#N)NS(=O)(=O)C1CCCC1. The number of nitrogens with zero attached hydrogens (tertiary/aromatic N) is 1. The zero-order chi connectivity index (χ0) is 9.90. The van der Waals surface area contributed by atoms with Gasteiger partial charge in [-0.1, -0.05) is 12.8 Å². The van der Waals surface area contributed by atoms with E-state index >= 15 is 0 Å². The molecule has 1 aliphatic rings. The van der Waals surface area contributed by atoms with E-state index in [1.165, 1.54) is 0 Å². The molecule has 1 rings (SSSR count). The van der Waals surface area contributed by atoms with Gasteiger partial charge in [-0.25, -0.2) is 8.42 Å². The van der Waals surface area contributed by atoms with Crippen LogP contribution in [0.3, 0.4) is 0 Å². The third-order valence-electron chi connectivity index (χ3n) is 2.28. The number of sulfonamides is 1. The molecule has 0 aliphatic heterocycles. The van der Waals surface area contributed by atoms with E-state index in [1.807, 2.05) is 6.07 Å². The third-order valence-corrected chi connectivity index (χ3v) is 4.31. The Morgan fingerprint density at radius 2 is 2.00 bits per heavy atom. The number of hydrogen-bond donors (Lipinski definition) is 1. The van der Waals surface area contributed by atoms with Gasteiger partial charge < -0.3 is 0 Å². The summed E-state index contributed by atoms with van der Waals surface area (Å²) in [5, 5.41) is 8.19. The van der Waals surface area contributed by atoms with Gasteiger partial charge in [0, 0.05) is 0 Å². The van der Waals surface area contributed by atoms with Crippen LogP contribution in [0.5, 0.6) is 0 Å². The maximum absolute atomic E-state index is 11.5. The van der Waals surface area contributed by atoms with Crippen molar-refractivity contribution in [3.8, 4) is 6.07 Å². The highest BCUT2D eigenvalue weighted by molar-refractivity contribution is 7.90. The van der Waals surface area contributed by atoms with Gasteiger partial charge in [0.05, 0.1) is 11.3 Å². The largest absolute Gasteiger partial charge is 0.215 e. The second-order valence-corrected chi connectivity index (χ2v) is 5.41. The predicted octanol–water partition coefficient (Wildman–Crippen LogP) is 0.760. The van der Waals surface area contributed by atoms with Crippen LogP contribution in [-0.2, 0) is 10.0 Å². The van der Waals surface area contributed by atoms with Crippen molar-refractivity contribution in [2.75, 3.05) is 0 Å². The lowest BCUT2D eigenvalue weighted by Crippen LogP contribution is -2.37. The molecule has 74 valence electrons. The molecule has 0 spiro atoms. The lowest BCUT2D eigenvalue weighted by molar-refractivity contribution is 0.560. The minimum atomic E-state index is -3.24. The number of hydrogen-bond acceptors (Lipinski definition) is 3. The van der Waals surface area contributed by atoms with Gasteiger partial charge in [-0.05, 0) is 19.8 Å². The van der Waals surface area contributed by atoms with E-state index in [0.717, 1.165) is 25.7 Å². The maximum atomic E-state index is 11.5. The Kier molecular flexibility index (Phi) is 3.28. The maximum Gasteiger partial charge on any atom is 0.215 e. The van der Waals surface area contributed by atoms with E-state index in [9.17, 15) is 8.42 Å². The zero-order valence-electron chi connectivity index (χ0n) is 7.66. The molecule has 1 atom stereocenters. The van der Waals surface area contributed by atoms with Gasteiger partial charge in [0.2, 0.25) is 10.0 Å². The van der Waals surface area contributed by atoms with Gasteiger partial charge in [-0.3, -0.25) is 0 Å². The van der Waals surface area contributed by atoms with Crippen LogP contribution in [0.2, 0.25) is 0 Å². The van der Waals surface area contributed by atoms with Crippen molar-refractivity contribution in [3.05, 3.63) is 0 Å². The second-order valence-electron chi connectivity index (χ2n) is 3.42. The van der Waals surface area contributed by atoms with Crippen molar-refractivity contribution in [2.45, 2.75) is 43.9 Å². The lowest BCUT2D eigenvalue weighted by Gasteiger charge is -2.12. The van der Waals surface area contributed by atoms with Crippen LogP contribution in [0.25, 0.3) is 0 Å². The molecule has 0 amide bonds. The van der Waals surface area contributed by atoms with Crippen molar-refractivity contribution in [2.24, 2.45) is 0 Å². The van der Waals surface area contributed by atoms with E-state index in [1.54, 1.807) is 6.92 Å². The third kappa shape index (κ3) is 2.68. The average Bonchev–Trinajstić information content (AvgIpc) is 2.55. The van der Waals surface area contributed by atoms with E-state index < -0.39 is 16.1 Å². The quantitative estimate of drug-likeness (QED) is 0.734. The minimum absolute atomic E-state index is 0.275. The van der Waals surface area contributed by atoms with Gasteiger partial charge >= 0.3 is 0 Å². The summed E-state index contributed by atoms with van der Waals surface area (Å²) in [6.07, 6.45) is 3.42. The van der Waals surface area contributed by atoms with Crippen LogP contribution in [0, 0.1) is 11.3 Å². The molecule has 0 radical (unpaired) electrons. The summed E-state index contributed by atoms with van der Waals surface area (Å²) in [5.41, 5.74) is 0. The van der Waals surface area contributed by atoms with Crippen LogP contribution in [0.4, 0.5) is 0 Å². The van der Waals surface area contributed by atoms with E-state index in [2.05, 4.69) is 4.72 Å². The molecule has 1 N–H and O–H groups in total. The van der Waals surface area contributed by atoms with Gasteiger partial charge in [-0.15, -0.1) is 0 Å². The molecule has 0 aromatic rings. The van der Waals surface area contributed by atoms with E-state index in [4.69, 9.17) is 5.26 Å². The summed E-state index contributed by atoms with van der Waals surface area (Å²) in [6, 6.07) is 1.23. The highest BCUT2D eigenvalue weighted by Gasteiger charge is 2.29. The summed E-state index contributed by atoms with van der Waals surface area (Å²) in [5.74, 6) is 0. The Morgan fingerprint density at radius 1 is 1.46 bits per heavy atom. The summed E-state index contributed by atoms with van der Waals surface area (Å²) in [4.78, 5) is 0. The average molecular weight is 202 g/mol. The Morgan fingerprint density at radius 3 is 2.46 bits per heavy atom. The number of rotatable bonds is 3.